The van der Waals surface area contributed by atoms with Crippen molar-refractivity contribution < 1.29 is 37.7 Å². The number of carbonyl (C=O) groups is 3. The number of esters is 1. The molecule has 14 nitrogen and oxygen atoms in total. The van der Waals surface area contributed by atoms with Gasteiger partial charge < -0.3 is 34.1 Å². The number of rotatable bonds is 8. The summed E-state index contributed by atoms with van der Waals surface area (Å²) in [5.74, 6) is -0.332. The largest absolute Gasteiger partial charge is 0.481 e. The van der Waals surface area contributed by atoms with E-state index in [0.717, 1.165) is 6.20 Å². The highest BCUT2D eigenvalue weighted by atomic mass is 19.1. The van der Waals surface area contributed by atoms with E-state index in [9.17, 15) is 18.8 Å². The number of likely N-dealkylation sites (tertiary alicyclic amines) is 1. The molecule has 5 heterocycles. The van der Waals surface area contributed by atoms with Gasteiger partial charge in [-0.2, -0.15) is 5.10 Å². The molecule has 0 unspecified atom stereocenters. The maximum absolute atomic E-state index is 14.6. The van der Waals surface area contributed by atoms with Crippen molar-refractivity contribution in [2.24, 2.45) is 0 Å². The molecule has 5 rings (SSSR count). The van der Waals surface area contributed by atoms with Crippen molar-refractivity contribution in [2.75, 3.05) is 31.1 Å². The number of nitrogens with zero attached hydrogens (tertiary/aromatic N) is 6. The highest BCUT2D eigenvalue weighted by Crippen LogP contribution is 2.40. The molecule has 0 radical (unpaired) electrons. The van der Waals surface area contributed by atoms with Gasteiger partial charge >= 0.3 is 12.1 Å². The molecule has 1 saturated heterocycles. The highest BCUT2D eigenvalue weighted by Gasteiger charge is 2.45. The molecule has 15 heteroatoms. The predicted molar refractivity (Wildman–Crippen MR) is 154 cm³/mol. The van der Waals surface area contributed by atoms with Crippen LogP contribution in [0.25, 0.3) is 5.65 Å². The summed E-state index contributed by atoms with van der Waals surface area (Å²) in [5.41, 5.74) is 0.184. The molecule has 3 aromatic heterocycles. The first kappa shape index (κ1) is 30.8. The lowest BCUT2D eigenvalue weighted by Crippen LogP contribution is -2.49. The number of alkyl carbamates (subject to hydrolysis) is 1. The van der Waals surface area contributed by atoms with E-state index in [4.69, 9.17) is 23.9 Å². The lowest BCUT2D eigenvalue weighted by molar-refractivity contribution is -0.128. The summed E-state index contributed by atoms with van der Waals surface area (Å²) in [6.45, 7) is 11.3. The molecule has 236 valence electrons. The van der Waals surface area contributed by atoms with E-state index in [0.29, 0.717) is 30.2 Å². The second kappa shape index (κ2) is 12.1. The van der Waals surface area contributed by atoms with Crippen molar-refractivity contribution in [3.05, 3.63) is 41.6 Å². The summed E-state index contributed by atoms with van der Waals surface area (Å²) < 4.78 is 38.8. The van der Waals surface area contributed by atoms with Crippen LogP contribution in [0, 0.1) is 5.82 Å². The minimum atomic E-state index is -0.655. The first-order valence-corrected chi connectivity index (χ1v) is 14.3. The number of ether oxygens (including phenoxy) is 4. The maximum Gasteiger partial charge on any atom is 0.407 e. The molecule has 3 aromatic rings. The van der Waals surface area contributed by atoms with Gasteiger partial charge in [-0.25, -0.2) is 28.5 Å². The molecule has 2 aliphatic rings. The average Bonchev–Trinajstić information content (AvgIpc) is 3.56. The van der Waals surface area contributed by atoms with Crippen LogP contribution in [0.3, 0.4) is 0 Å². The molecular weight excluding hydrogens is 577 g/mol. The minimum Gasteiger partial charge on any atom is -0.481 e. The molecule has 0 aliphatic carbocycles. The number of pyridine rings is 1. The lowest BCUT2D eigenvalue weighted by atomic mass is 10.1. The number of hydrogen-bond donors (Lipinski definition) is 1. The molecule has 0 saturated carbocycles. The van der Waals surface area contributed by atoms with Crippen molar-refractivity contribution in [1.82, 2.24) is 29.8 Å². The summed E-state index contributed by atoms with van der Waals surface area (Å²) in [5, 5.41) is 6.91. The fourth-order valence-electron chi connectivity index (χ4n) is 5.11. The quantitative estimate of drug-likeness (QED) is 0.374. The molecule has 3 atom stereocenters. The number of nitrogens with one attached hydrogen (secondary N) is 1. The molecule has 1 fully saturated rings. The van der Waals surface area contributed by atoms with Gasteiger partial charge in [0.1, 0.15) is 29.2 Å². The Morgan fingerprint density at radius 1 is 1.23 bits per heavy atom. The van der Waals surface area contributed by atoms with Crippen LogP contribution >= 0.6 is 0 Å². The van der Waals surface area contributed by atoms with E-state index in [1.165, 1.54) is 23.7 Å². The molecule has 0 aromatic carbocycles. The van der Waals surface area contributed by atoms with Crippen LogP contribution in [0.15, 0.2) is 24.7 Å². The second-order valence-electron chi connectivity index (χ2n) is 11.7. The number of hydrogen-bond acceptors (Lipinski definition) is 11. The average molecular weight is 614 g/mol. The molecule has 0 bridgehead atoms. The van der Waals surface area contributed by atoms with Gasteiger partial charge in [0, 0.05) is 19.0 Å². The SMILES string of the molecule is CCOC(=O)c1cnn2cc3c(nc12)N(Cc1cc(F)cnc1O[C@@H](C)CNC(=O)OC(C)(C)C)[C@@H]1CN(C(C)=O)C[C@@H]1O3. The summed E-state index contributed by atoms with van der Waals surface area (Å²) in [4.78, 5) is 49.6. The van der Waals surface area contributed by atoms with Gasteiger partial charge in [-0.3, -0.25) is 4.79 Å². The van der Waals surface area contributed by atoms with Crippen molar-refractivity contribution in [3.8, 4) is 11.6 Å². The predicted octanol–water partition coefficient (Wildman–Crippen LogP) is 2.73. The standard InChI is InChI=1S/C29H36FN7O7/c1-7-41-27(39)20-11-33-37-15-23-25(34-24(20)37)36(21-13-35(17(3)38)14-22(21)43-23)12-18-8-19(30)10-31-26(18)42-16(2)9-32-28(40)44-29(4,5)6/h8,10-11,15-16,21-22H,7,9,12-14H2,1-6H3,(H,32,40)/t16-,21+,22-/m0/s1. The summed E-state index contributed by atoms with van der Waals surface area (Å²) >= 11 is 0. The number of anilines is 1. The summed E-state index contributed by atoms with van der Waals surface area (Å²) in [7, 11) is 0. The van der Waals surface area contributed by atoms with Gasteiger partial charge in [0.2, 0.25) is 11.8 Å². The molecular formula is C29H36FN7O7. The Bertz CT molecular complexity index is 1570. The third-order valence-corrected chi connectivity index (χ3v) is 7.05. The Hall–Kier alpha value is -4.69. The fourth-order valence-corrected chi connectivity index (χ4v) is 5.11. The maximum atomic E-state index is 14.6. The Morgan fingerprint density at radius 2 is 2.00 bits per heavy atom. The monoisotopic (exact) mass is 613 g/mol. The van der Waals surface area contributed by atoms with Crippen LogP contribution < -0.4 is 19.7 Å². The highest BCUT2D eigenvalue weighted by molar-refractivity contribution is 5.96. The smallest absolute Gasteiger partial charge is 0.407 e. The van der Waals surface area contributed by atoms with Crippen LogP contribution in [0.4, 0.5) is 15.0 Å². The van der Waals surface area contributed by atoms with Gasteiger partial charge in [0.05, 0.1) is 50.9 Å². The van der Waals surface area contributed by atoms with Crippen molar-refractivity contribution >= 4 is 29.4 Å². The normalized spacial score (nSPS) is 18.2. The molecule has 1 N–H and O–H groups in total. The van der Waals surface area contributed by atoms with Crippen LogP contribution in [0.2, 0.25) is 0 Å². The first-order chi connectivity index (χ1) is 20.8. The van der Waals surface area contributed by atoms with Crippen molar-refractivity contribution in [1.29, 1.82) is 0 Å². The summed E-state index contributed by atoms with van der Waals surface area (Å²) in [6.07, 6.45) is 2.51. The van der Waals surface area contributed by atoms with E-state index < -0.39 is 35.7 Å². The topological polar surface area (TPSA) is 150 Å². The second-order valence-corrected chi connectivity index (χ2v) is 11.7. The third-order valence-electron chi connectivity index (χ3n) is 7.05. The lowest BCUT2D eigenvalue weighted by Gasteiger charge is -2.38. The van der Waals surface area contributed by atoms with Gasteiger partial charge in [-0.05, 0) is 40.7 Å². The van der Waals surface area contributed by atoms with E-state index in [2.05, 4.69) is 15.4 Å². The third kappa shape index (κ3) is 6.60. The van der Waals surface area contributed by atoms with Crippen molar-refractivity contribution in [2.45, 2.75) is 71.9 Å². The Morgan fingerprint density at radius 3 is 2.70 bits per heavy atom. The molecule has 2 amide bonds. The van der Waals surface area contributed by atoms with E-state index in [1.54, 1.807) is 45.7 Å². The number of fused-ring (bicyclic) bond motifs is 3. The van der Waals surface area contributed by atoms with Crippen LogP contribution in [-0.2, 0) is 20.8 Å². The van der Waals surface area contributed by atoms with E-state index >= 15 is 0 Å². The van der Waals surface area contributed by atoms with Gasteiger partial charge in [-0.1, -0.05) is 0 Å². The minimum absolute atomic E-state index is 0.0849. The van der Waals surface area contributed by atoms with E-state index in [-0.39, 0.29) is 48.7 Å². The Balaban J connectivity index is 1.46. The van der Waals surface area contributed by atoms with E-state index in [1.807, 2.05) is 4.90 Å². The van der Waals surface area contributed by atoms with Crippen LogP contribution in [-0.4, -0.2) is 92.5 Å². The Labute approximate surface area is 253 Å². The summed E-state index contributed by atoms with van der Waals surface area (Å²) in [6, 6.07) is 0.970. The van der Waals surface area contributed by atoms with Crippen LogP contribution in [0.5, 0.6) is 11.6 Å². The van der Waals surface area contributed by atoms with Crippen LogP contribution in [0.1, 0.15) is 57.5 Å². The number of halogens is 1. The molecule has 0 spiro atoms. The fraction of sp³-hybridized carbons (Fsp3) is 0.517. The molecule has 44 heavy (non-hydrogen) atoms. The number of carbonyl (C=O) groups excluding carboxylic acids is 3. The Kier molecular flexibility index (Phi) is 8.48. The number of aromatic nitrogens is 4. The zero-order valence-corrected chi connectivity index (χ0v) is 25.5. The van der Waals surface area contributed by atoms with Gasteiger partial charge in [-0.15, -0.1) is 0 Å². The van der Waals surface area contributed by atoms with Crippen molar-refractivity contribution in [3.63, 3.8) is 0 Å². The van der Waals surface area contributed by atoms with Gasteiger partial charge in [0.25, 0.3) is 0 Å². The number of amides is 2. The molecule has 2 aliphatic heterocycles. The van der Waals surface area contributed by atoms with Gasteiger partial charge in [0.15, 0.2) is 17.2 Å². The zero-order valence-electron chi connectivity index (χ0n) is 25.5. The zero-order chi connectivity index (χ0) is 31.8. The first-order valence-electron chi connectivity index (χ1n) is 14.3.